The van der Waals surface area contributed by atoms with Gasteiger partial charge in [-0.2, -0.15) is 0 Å². The summed E-state index contributed by atoms with van der Waals surface area (Å²) >= 11 is 1.83. The fraction of sp³-hybridized carbons (Fsp3) is 0.286. The minimum atomic E-state index is -1.14. The van der Waals surface area contributed by atoms with Crippen molar-refractivity contribution in [2.75, 3.05) is 0 Å². The van der Waals surface area contributed by atoms with E-state index in [1.54, 1.807) is 0 Å². The fourth-order valence-electron chi connectivity index (χ4n) is 0.844. The van der Waals surface area contributed by atoms with E-state index in [0.29, 0.717) is 3.57 Å². The summed E-state index contributed by atoms with van der Waals surface area (Å²) in [5, 5.41) is 8.54. The maximum absolute atomic E-state index is 11.4. The van der Waals surface area contributed by atoms with Crippen LogP contribution < -0.4 is 11.3 Å². The molecule has 1 rings (SSSR count). The zero-order chi connectivity index (χ0) is 10.7. The minimum Gasteiger partial charge on any atom is -0.480 e. The van der Waals surface area contributed by atoms with E-state index in [4.69, 9.17) is 10.8 Å². The average Bonchev–Trinajstić information content (AvgIpc) is 2.12. The molecule has 0 amide bonds. The number of carbonyl (C=O) groups is 1. The molecule has 76 valence electrons. The van der Waals surface area contributed by atoms with Gasteiger partial charge in [-0.1, -0.05) is 0 Å². The molecule has 0 aliphatic rings. The number of carboxylic acid groups (broad SMARTS) is 1. The van der Waals surface area contributed by atoms with E-state index in [1.165, 1.54) is 17.1 Å². The van der Waals surface area contributed by atoms with Gasteiger partial charge in [0.05, 0.1) is 16.4 Å². The van der Waals surface area contributed by atoms with E-state index in [0.717, 1.165) is 0 Å². The number of hydrogen-bond donors (Lipinski definition) is 2. The predicted octanol–water partition coefficient (Wildman–Crippen LogP) is -0.740. The predicted molar refractivity (Wildman–Crippen MR) is 56.8 cm³/mol. The molecule has 3 N–H and O–H groups in total. The highest BCUT2D eigenvalue weighted by Gasteiger charge is 2.13. The Balaban J connectivity index is 2.93. The van der Waals surface area contributed by atoms with Crippen molar-refractivity contribution in [3.05, 3.63) is 26.4 Å². The SMILES string of the molecule is NC(Cn1cncc(I)c1=O)C(=O)O. The van der Waals surface area contributed by atoms with E-state index >= 15 is 0 Å². The monoisotopic (exact) mass is 309 g/mol. The Kier molecular flexibility index (Phi) is 3.58. The van der Waals surface area contributed by atoms with Crippen molar-refractivity contribution in [3.63, 3.8) is 0 Å². The molecule has 0 saturated heterocycles. The number of nitrogens with zero attached hydrogens (tertiary/aromatic N) is 2. The lowest BCUT2D eigenvalue weighted by Crippen LogP contribution is -2.38. The highest BCUT2D eigenvalue weighted by molar-refractivity contribution is 14.1. The largest absolute Gasteiger partial charge is 0.480 e. The van der Waals surface area contributed by atoms with Gasteiger partial charge in [-0.3, -0.25) is 14.2 Å². The number of hydrogen-bond acceptors (Lipinski definition) is 4. The van der Waals surface area contributed by atoms with Crippen LogP contribution in [0, 0.1) is 3.57 Å². The number of nitrogens with two attached hydrogens (primary N) is 1. The molecule has 1 unspecified atom stereocenters. The molecule has 0 aliphatic heterocycles. The Bertz CT molecular complexity index is 403. The molecule has 1 aromatic heterocycles. The van der Waals surface area contributed by atoms with Gasteiger partial charge in [-0.05, 0) is 22.6 Å². The Morgan fingerprint density at radius 1 is 1.79 bits per heavy atom. The molecule has 0 bridgehead atoms. The van der Waals surface area contributed by atoms with Crippen molar-refractivity contribution in [2.45, 2.75) is 12.6 Å². The number of aliphatic carboxylic acids is 1. The third kappa shape index (κ3) is 2.51. The zero-order valence-corrected chi connectivity index (χ0v) is 9.21. The lowest BCUT2D eigenvalue weighted by Gasteiger charge is -2.08. The average molecular weight is 309 g/mol. The summed E-state index contributed by atoms with van der Waals surface area (Å²) in [4.78, 5) is 25.6. The lowest BCUT2D eigenvalue weighted by molar-refractivity contribution is -0.138. The first-order valence-electron chi connectivity index (χ1n) is 3.70. The van der Waals surface area contributed by atoms with Crippen LogP contribution in [0.1, 0.15) is 0 Å². The Labute approximate surface area is 92.9 Å². The van der Waals surface area contributed by atoms with Crippen LogP contribution in [0.15, 0.2) is 17.3 Å². The van der Waals surface area contributed by atoms with Crippen LogP contribution in [0.5, 0.6) is 0 Å². The number of rotatable bonds is 3. The number of aromatic nitrogens is 2. The third-order valence-corrected chi connectivity index (χ3v) is 2.31. The van der Waals surface area contributed by atoms with Gasteiger partial charge in [0.25, 0.3) is 5.56 Å². The molecule has 0 radical (unpaired) electrons. The topological polar surface area (TPSA) is 98.2 Å². The van der Waals surface area contributed by atoms with Gasteiger partial charge in [0.2, 0.25) is 0 Å². The van der Waals surface area contributed by atoms with Gasteiger partial charge in [0, 0.05) is 6.20 Å². The molecule has 0 fully saturated rings. The standard InChI is InChI=1S/C7H8IN3O3/c8-4-1-10-3-11(6(4)12)2-5(9)7(13)14/h1,3,5H,2,9H2,(H,13,14). The van der Waals surface area contributed by atoms with Crippen LogP contribution in [-0.2, 0) is 11.3 Å². The van der Waals surface area contributed by atoms with Crippen molar-refractivity contribution in [1.29, 1.82) is 0 Å². The van der Waals surface area contributed by atoms with Gasteiger partial charge in [-0.25, -0.2) is 4.98 Å². The summed E-state index contributed by atoms with van der Waals surface area (Å²) in [6, 6.07) is -1.09. The van der Waals surface area contributed by atoms with Crippen LogP contribution in [0.4, 0.5) is 0 Å². The highest BCUT2D eigenvalue weighted by atomic mass is 127. The highest BCUT2D eigenvalue weighted by Crippen LogP contribution is 1.93. The summed E-state index contributed by atoms with van der Waals surface area (Å²) < 4.78 is 1.61. The quantitative estimate of drug-likeness (QED) is 0.717. The van der Waals surface area contributed by atoms with E-state index in [9.17, 15) is 9.59 Å². The minimum absolute atomic E-state index is 0.0714. The summed E-state index contributed by atoms with van der Waals surface area (Å²) in [5.41, 5.74) is 5.00. The van der Waals surface area contributed by atoms with Crippen molar-refractivity contribution < 1.29 is 9.90 Å². The van der Waals surface area contributed by atoms with Gasteiger partial charge in [0.1, 0.15) is 6.04 Å². The van der Waals surface area contributed by atoms with Crippen LogP contribution in [-0.4, -0.2) is 26.7 Å². The Morgan fingerprint density at radius 3 is 3.00 bits per heavy atom. The molecule has 1 aromatic rings. The molecule has 1 atom stereocenters. The van der Waals surface area contributed by atoms with Gasteiger partial charge in [-0.15, -0.1) is 0 Å². The van der Waals surface area contributed by atoms with Gasteiger partial charge >= 0.3 is 5.97 Å². The van der Waals surface area contributed by atoms with Crippen LogP contribution in [0.2, 0.25) is 0 Å². The van der Waals surface area contributed by atoms with E-state index in [2.05, 4.69) is 4.98 Å². The second-order valence-electron chi connectivity index (χ2n) is 2.64. The number of halogens is 1. The lowest BCUT2D eigenvalue weighted by atomic mass is 10.3. The third-order valence-electron chi connectivity index (χ3n) is 1.57. The molecule has 0 saturated carbocycles. The van der Waals surface area contributed by atoms with E-state index in [1.807, 2.05) is 22.6 Å². The molecule has 6 nitrogen and oxygen atoms in total. The summed E-state index contributed by atoms with van der Waals surface area (Å²) in [5.74, 6) is -1.14. The first kappa shape index (κ1) is 11.1. The summed E-state index contributed by atoms with van der Waals surface area (Å²) in [6.07, 6.45) is 2.68. The smallest absolute Gasteiger partial charge is 0.322 e. The van der Waals surface area contributed by atoms with Crippen LogP contribution in [0.25, 0.3) is 0 Å². The normalized spacial score (nSPS) is 12.4. The van der Waals surface area contributed by atoms with E-state index < -0.39 is 12.0 Å². The number of carboxylic acids is 1. The van der Waals surface area contributed by atoms with Crippen molar-refractivity contribution in [1.82, 2.24) is 9.55 Å². The second-order valence-corrected chi connectivity index (χ2v) is 3.81. The van der Waals surface area contributed by atoms with Gasteiger partial charge < -0.3 is 10.8 Å². The van der Waals surface area contributed by atoms with Crippen LogP contribution in [0.3, 0.4) is 0 Å². The maximum Gasteiger partial charge on any atom is 0.322 e. The van der Waals surface area contributed by atoms with Gasteiger partial charge in [0.15, 0.2) is 0 Å². The molecule has 7 heteroatoms. The first-order valence-corrected chi connectivity index (χ1v) is 4.78. The summed E-state index contributed by atoms with van der Waals surface area (Å²) in [7, 11) is 0. The van der Waals surface area contributed by atoms with E-state index in [-0.39, 0.29) is 12.1 Å². The van der Waals surface area contributed by atoms with Crippen LogP contribution >= 0.6 is 22.6 Å². The fourth-order valence-corrected chi connectivity index (χ4v) is 1.31. The zero-order valence-electron chi connectivity index (χ0n) is 7.05. The molecule has 1 heterocycles. The van der Waals surface area contributed by atoms with Crippen molar-refractivity contribution in [3.8, 4) is 0 Å². The second kappa shape index (κ2) is 4.51. The molecule has 0 aromatic carbocycles. The molecule has 0 spiro atoms. The molecule has 14 heavy (non-hydrogen) atoms. The van der Waals surface area contributed by atoms with Crippen molar-refractivity contribution >= 4 is 28.6 Å². The molecule has 0 aliphatic carbocycles. The molecular weight excluding hydrogens is 301 g/mol. The van der Waals surface area contributed by atoms with Crippen molar-refractivity contribution in [2.24, 2.45) is 5.73 Å². The summed E-state index contributed by atoms with van der Waals surface area (Å²) in [6.45, 7) is -0.0714. The Hall–Kier alpha value is -0.960. The Morgan fingerprint density at radius 2 is 2.43 bits per heavy atom. The molecular formula is C7H8IN3O3. The maximum atomic E-state index is 11.4. The first-order chi connectivity index (χ1) is 6.52.